The molecule has 44 heavy (non-hydrogen) atoms. The number of Topliss-reactive ketones (excluding diaryl/α,β-unsaturated/α-hetero) is 1. The Hall–Kier alpha value is -4.03. The average Bonchev–Trinajstić information content (AvgIpc) is 3.61. The molecule has 0 spiro atoms. The highest BCUT2D eigenvalue weighted by Gasteiger charge is 2.30. The molecule has 0 fully saturated rings. The monoisotopic (exact) mass is 647 g/mol. The fourth-order valence-electron chi connectivity index (χ4n) is 4.76. The number of benzene rings is 2. The summed E-state index contributed by atoms with van der Waals surface area (Å²) in [5, 5.41) is 19.4. The molecule has 0 saturated carbocycles. The number of aliphatic carboxylic acids is 2. The minimum Gasteiger partial charge on any atom is -0.493 e. The number of carbonyl (C=O) groups is 4. The molecule has 2 heterocycles. The average molecular weight is 648 g/mol. The van der Waals surface area contributed by atoms with Crippen molar-refractivity contribution in [1.29, 1.82) is 0 Å². The zero-order chi connectivity index (χ0) is 32.1. The second-order valence-corrected chi connectivity index (χ2v) is 12.1. The Labute approximate surface area is 263 Å². The number of carbonyl (C=O) groups excluding carboxylic acids is 2. The zero-order valence-electron chi connectivity index (χ0n) is 24.8. The van der Waals surface area contributed by atoms with E-state index in [0.717, 1.165) is 21.2 Å². The molecule has 2 aromatic carbocycles. The lowest BCUT2D eigenvalue weighted by Crippen LogP contribution is -2.28. The number of carboxylic acids is 2. The van der Waals surface area contributed by atoms with E-state index in [4.69, 9.17) is 40.8 Å². The van der Waals surface area contributed by atoms with Crippen LogP contribution < -0.4 is 18.9 Å². The summed E-state index contributed by atoms with van der Waals surface area (Å²) in [6.45, 7) is 4.12. The van der Waals surface area contributed by atoms with Crippen molar-refractivity contribution in [2.45, 2.75) is 46.2 Å². The molecule has 0 aliphatic carbocycles. The first kappa shape index (κ1) is 32.9. The number of hydrogen-bond acceptors (Lipinski definition) is 9. The molecular formula is C31H34ClNO10S. The van der Waals surface area contributed by atoms with Crippen molar-refractivity contribution >= 4 is 56.7 Å². The van der Waals surface area contributed by atoms with Crippen LogP contribution in [0.25, 0.3) is 10.1 Å². The summed E-state index contributed by atoms with van der Waals surface area (Å²) in [7, 11) is 3.01. The number of rotatable bonds is 15. The lowest BCUT2D eigenvalue weighted by Gasteiger charge is -2.16. The third-order valence-electron chi connectivity index (χ3n) is 7.34. The van der Waals surface area contributed by atoms with E-state index in [1.807, 2.05) is 0 Å². The van der Waals surface area contributed by atoms with Crippen LogP contribution in [0.2, 0.25) is 5.02 Å². The lowest BCUT2D eigenvalue weighted by molar-refractivity contribution is -0.145. The third-order valence-corrected chi connectivity index (χ3v) is 8.88. The van der Waals surface area contributed by atoms with Gasteiger partial charge in [-0.3, -0.25) is 19.2 Å². The van der Waals surface area contributed by atoms with Gasteiger partial charge in [0.25, 0.3) is 0 Å². The minimum atomic E-state index is -1.02. The van der Waals surface area contributed by atoms with Gasteiger partial charge in [0.2, 0.25) is 5.91 Å². The van der Waals surface area contributed by atoms with Crippen molar-refractivity contribution in [2.24, 2.45) is 11.8 Å². The lowest BCUT2D eigenvalue weighted by atomic mass is 10.0. The zero-order valence-corrected chi connectivity index (χ0v) is 26.4. The quantitative estimate of drug-likeness (QED) is 0.156. The van der Waals surface area contributed by atoms with Crippen LogP contribution in [0.15, 0.2) is 24.3 Å². The summed E-state index contributed by atoms with van der Waals surface area (Å²) in [5.41, 5.74) is 1.55. The maximum absolute atomic E-state index is 12.7. The van der Waals surface area contributed by atoms with E-state index in [-0.39, 0.29) is 37.7 Å². The molecule has 2 N–H and O–H groups in total. The number of thiophene rings is 1. The largest absolute Gasteiger partial charge is 0.493 e. The number of fused-ring (bicyclic) bond motifs is 2. The fourth-order valence-corrected chi connectivity index (χ4v) is 6.13. The topological polar surface area (TPSA) is 149 Å². The number of ketones is 1. The normalized spacial score (nSPS) is 13.7. The molecule has 0 saturated heterocycles. The molecule has 4 rings (SSSR count). The summed E-state index contributed by atoms with van der Waals surface area (Å²) in [4.78, 5) is 49.6. The van der Waals surface area contributed by atoms with Crippen LogP contribution in [0.5, 0.6) is 23.0 Å². The van der Waals surface area contributed by atoms with E-state index in [1.54, 1.807) is 29.2 Å². The molecule has 3 aromatic rings. The Bertz CT molecular complexity index is 1590. The van der Waals surface area contributed by atoms with Crippen molar-refractivity contribution in [2.75, 3.05) is 27.4 Å². The van der Waals surface area contributed by atoms with Crippen molar-refractivity contribution in [3.8, 4) is 23.0 Å². The molecule has 1 amide bonds. The van der Waals surface area contributed by atoms with E-state index >= 15 is 0 Å². The Morgan fingerprint density at radius 1 is 0.886 bits per heavy atom. The number of nitrogens with zero attached hydrogens (tertiary/aromatic N) is 1. The molecular weight excluding hydrogens is 614 g/mol. The fraction of sp³-hybridized carbons (Fsp3) is 0.419. The maximum atomic E-state index is 12.7. The highest BCUT2D eigenvalue weighted by molar-refractivity contribution is 7.20. The van der Waals surface area contributed by atoms with Gasteiger partial charge >= 0.3 is 11.9 Å². The molecule has 2 unspecified atom stereocenters. The Kier molecular flexibility index (Phi) is 10.6. The van der Waals surface area contributed by atoms with Gasteiger partial charge in [-0.1, -0.05) is 25.4 Å². The smallest absolute Gasteiger partial charge is 0.306 e. The first-order valence-corrected chi connectivity index (χ1v) is 15.1. The van der Waals surface area contributed by atoms with Crippen LogP contribution >= 0.6 is 22.9 Å². The van der Waals surface area contributed by atoms with Crippen molar-refractivity contribution in [3.63, 3.8) is 0 Å². The van der Waals surface area contributed by atoms with Crippen LogP contribution in [-0.2, 0) is 27.5 Å². The van der Waals surface area contributed by atoms with E-state index < -0.39 is 23.8 Å². The van der Waals surface area contributed by atoms with Crippen LogP contribution in [0.3, 0.4) is 0 Å². The summed E-state index contributed by atoms with van der Waals surface area (Å²) < 4.78 is 23.8. The Balaban J connectivity index is 1.37. The van der Waals surface area contributed by atoms with Gasteiger partial charge in [-0.15, -0.1) is 11.3 Å². The maximum Gasteiger partial charge on any atom is 0.306 e. The molecule has 1 aliphatic heterocycles. The molecule has 2 atom stereocenters. The SMILES string of the molecule is COc1cc2sc(C(=O)CC(C)C(=O)O)cc2cc1OCCCOc1cc2c(c(Cl)c1OC)CN(C(=O)CC(C)C(=O)O)C2. The van der Waals surface area contributed by atoms with Gasteiger partial charge in [0.15, 0.2) is 28.8 Å². The molecule has 0 bridgehead atoms. The minimum absolute atomic E-state index is 0.0781. The first-order valence-electron chi connectivity index (χ1n) is 13.9. The first-order chi connectivity index (χ1) is 20.9. The van der Waals surface area contributed by atoms with Gasteiger partial charge in [-0.05, 0) is 34.7 Å². The van der Waals surface area contributed by atoms with E-state index in [0.29, 0.717) is 52.5 Å². The molecule has 0 radical (unpaired) electrons. The van der Waals surface area contributed by atoms with Crippen LogP contribution in [0.1, 0.15) is 53.9 Å². The molecule has 1 aliphatic rings. The van der Waals surface area contributed by atoms with Crippen molar-refractivity contribution in [1.82, 2.24) is 4.90 Å². The summed E-state index contributed by atoms with van der Waals surface area (Å²) in [5.74, 6) is -2.31. The van der Waals surface area contributed by atoms with Gasteiger partial charge in [-0.2, -0.15) is 0 Å². The number of halogens is 1. The molecule has 13 heteroatoms. The summed E-state index contributed by atoms with van der Waals surface area (Å²) >= 11 is 7.90. The number of hydrogen-bond donors (Lipinski definition) is 2. The van der Waals surface area contributed by atoms with E-state index in [9.17, 15) is 19.2 Å². The van der Waals surface area contributed by atoms with Crippen molar-refractivity contribution < 1.29 is 48.3 Å². The summed E-state index contributed by atoms with van der Waals surface area (Å²) in [6.07, 6.45) is 0.319. The molecule has 236 valence electrons. The van der Waals surface area contributed by atoms with Gasteiger partial charge in [0.05, 0.1) is 49.2 Å². The predicted molar refractivity (Wildman–Crippen MR) is 163 cm³/mol. The molecule has 1 aromatic heterocycles. The number of amides is 1. The van der Waals surface area contributed by atoms with Crippen LogP contribution in [0.4, 0.5) is 0 Å². The second-order valence-electron chi connectivity index (χ2n) is 10.6. The molecule has 11 nitrogen and oxygen atoms in total. The van der Waals surface area contributed by atoms with Crippen molar-refractivity contribution in [3.05, 3.63) is 45.3 Å². The number of carboxylic acid groups (broad SMARTS) is 2. The van der Waals surface area contributed by atoms with Gasteiger partial charge < -0.3 is 34.1 Å². The highest BCUT2D eigenvalue weighted by Crippen LogP contribution is 2.43. The van der Waals surface area contributed by atoms with E-state index in [2.05, 4.69) is 0 Å². The second kappa shape index (κ2) is 14.2. The predicted octanol–water partition coefficient (Wildman–Crippen LogP) is 5.67. The van der Waals surface area contributed by atoms with Crippen LogP contribution in [0, 0.1) is 11.8 Å². The van der Waals surface area contributed by atoms with Crippen LogP contribution in [-0.4, -0.2) is 66.2 Å². The highest BCUT2D eigenvalue weighted by atomic mass is 35.5. The standard InChI is InChI=1S/C31H34ClNO10S/c1-16(30(36)37)8-21(34)26-12-18-10-23(22(40-3)13-25(18)44-26)42-6-5-7-43-24-11-19-14-33(27(35)9-17(2)31(38)39)15-20(19)28(32)29(24)41-4/h10-13,16-17H,5-9,14-15H2,1-4H3,(H,36,37)(H,38,39). The van der Waals surface area contributed by atoms with Gasteiger partial charge in [0, 0.05) is 43.1 Å². The Morgan fingerprint density at radius 2 is 1.55 bits per heavy atom. The number of ether oxygens (including phenoxy) is 4. The van der Waals surface area contributed by atoms with E-state index in [1.165, 1.54) is 39.4 Å². The van der Waals surface area contributed by atoms with Gasteiger partial charge in [-0.25, -0.2) is 0 Å². The Morgan fingerprint density at radius 3 is 2.18 bits per heavy atom. The summed E-state index contributed by atoms with van der Waals surface area (Å²) in [6, 6.07) is 7.10. The number of methoxy groups -OCH3 is 2. The van der Waals surface area contributed by atoms with Gasteiger partial charge in [0.1, 0.15) is 0 Å². The third kappa shape index (κ3) is 7.36.